The quantitative estimate of drug-likeness (QED) is 0.772. The van der Waals surface area contributed by atoms with E-state index >= 15 is 0 Å². The highest BCUT2D eigenvalue weighted by Crippen LogP contribution is 2.20. The lowest BCUT2D eigenvalue weighted by atomic mass is 10.1. The Balaban J connectivity index is 1.93. The van der Waals surface area contributed by atoms with Gasteiger partial charge in [-0.05, 0) is 17.5 Å². The molecule has 1 aliphatic rings. The number of pyridine rings is 1. The highest BCUT2D eigenvalue weighted by Gasteiger charge is 2.33. The average molecular weight is 270 g/mol. The minimum atomic E-state index is -0.731. The molecule has 6 nitrogen and oxygen atoms in total. The van der Waals surface area contributed by atoms with E-state index in [0.717, 1.165) is 5.39 Å². The van der Waals surface area contributed by atoms with Crippen molar-refractivity contribution in [3.63, 3.8) is 0 Å². The van der Waals surface area contributed by atoms with E-state index in [-0.39, 0.29) is 18.4 Å². The standard InChI is InChI=1S/C14H10N2O4/c17-12-4-5-13(18)16(12)20-14(19)11-3-1-2-9-8-15-7-6-10(9)11/h1-3,6-8H,4-5H2/i14+0. The van der Waals surface area contributed by atoms with Gasteiger partial charge in [0.15, 0.2) is 0 Å². The van der Waals surface area contributed by atoms with Crippen molar-refractivity contribution in [2.24, 2.45) is 0 Å². The highest BCUT2D eigenvalue weighted by molar-refractivity contribution is 6.07. The Morgan fingerprint density at radius 1 is 1.15 bits per heavy atom. The summed E-state index contributed by atoms with van der Waals surface area (Å²) in [5.41, 5.74) is 0.289. The molecule has 1 saturated heterocycles. The van der Waals surface area contributed by atoms with Crippen molar-refractivity contribution >= 4 is 28.6 Å². The lowest BCUT2D eigenvalue weighted by Gasteiger charge is -2.13. The van der Waals surface area contributed by atoms with E-state index in [1.54, 1.807) is 30.6 Å². The Morgan fingerprint density at radius 3 is 2.65 bits per heavy atom. The van der Waals surface area contributed by atoms with Gasteiger partial charge < -0.3 is 4.84 Å². The summed E-state index contributed by atoms with van der Waals surface area (Å²) in [4.78, 5) is 43.9. The van der Waals surface area contributed by atoms with E-state index in [0.29, 0.717) is 10.4 Å². The Bertz CT molecular complexity index is 705. The smallest absolute Gasteiger partial charge is 0.325 e. The number of hydrogen-bond acceptors (Lipinski definition) is 5. The van der Waals surface area contributed by atoms with E-state index in [4.69, 9.17) is 4.84 Å². The average Bonchev–Trinajstić information content (AvgIpc) is 2.78. The molecule has 0 atom stereocenters. The molecule has 0 radical (unpaired) electrons. The molecular weight excluding hydrogens is 260 g/mol. The Hall–Kier alpha value is -2.76. The number of carbonyl (C=O) groups is 3. The first-order valence-electron chi connectivity index (χ1n) is 6.07. The molecule has 1 aromatic heterocycles. The van der Waals surface area contributed by atoms with Gasteiger partial charge in [0, 0.05) is 30.6 Å². The van der Waals surface area contributed by atoms with Crippen molar-refractivity contribution in [1.82, 2.24) is 10.0 Å². The van der Waals surface area contributed by atoms with Gasteiger partial charge in [0.2, 0.25) is 0 Å². The lowest BCUT2D eigenvalue weighted by molar-refractivity contribution is -0.172. The maximum atomic E-state index is 12.1. The van der Waals surface area contributed by atoms with E-state index in [9.17, 15) is 14.4 Å². The van der Waals surface area contributed by atoms with Crippen LogP contribution >= 0.6 is 0 Å². The topological polar surface area (TPSA) is 76.6 Å². The first-order valence-corrected chi connectivity index (χ1v) is 6.07. The van der Waals surface area contributed by atoms with Crippen LogP contribution in [0.4, 0.5) is 0 Å². The number of rotatable bonds is 2. The van der Waals surface area contributed by atoms with Gasteiger partial charge in [-0.3, -0.25) is 14.6 Å². The summed E-state index contributed by atoms with van der Waals surface area (Å²) in [6.07, 6.45) is 3.33. The zero-order chi connectivity index (χ0) is 14.1. The minimum Gasteiger partial charge on any atom is -0.325 e. The van der Waals surface area contributed by atoms with E-state index in [1.165, 1.54) is 0 Å². The first kappa shape index (κ1) is 12.3. The highest BCUT2D eigenvalue weighted by atomic mass is 16.7. The molecule has 0 bridgehead atoms. The zero-order valence-corrected chi connectivity index (χ0v) is 10.4. The van der Waals surface area contributed by atoms with Crippen LogP contribution in [0.2, 0.25) is 0 Å². The summed E-state index contributed by atoms with van der Waals surface area (Å²) in [6.45, 7) is 0. The van der Waals surface area contributed by atoms with Gasteiger partial charge >= 0.3 is 5.97 Å². The lowest BCUT2D eigenvalue weighted by Crippen LogP contribution is -2.32. The summed E-state index contributed by atoms with van der Waals surface area (Å²) in [7, 11) is 0. The second-order valence-electron chi connectivity index (χ2n) is 4.36. The van der Waals surface area contributed by atoms with E-state index in [1.807, 2.05) is 6.07 Å². The first-order chi connectivity index (χ1) is 9.66. The van der Waals surface area contributed by atoms with Crippen LogP contribution < -0.4 is 0 Å². The Kier molecular flexibility index (Phi) is 2.90. The molecule has 1 aliphatic heterocycles. The summed E-state index contributed by atoms with van der Waals surface area (Å²) in [5, 5.41) is 1.98. The number of nitrogens with zero attached hydrogens (tertiary/aromatic N) is 2. The van der Waals surface area contributed by atoms with E-state index < -0.39 is 17.8 Å². The molecule has 0 aliphatic carbocycles. The molecule has 0 N–H and O–H groups in total. The van der Waals surface area contributed by atoms with Crippen LogP contribution in [0, 0.1) is 0 Å². The van der Waals surface area contributed by atoms with Gasteiger partial charge in [-0.15, -0.1) is 5.06 Å². The van der Waals surface area contributed by atoms with Gasteiger partial charge in [0.25, 0.3) is 11.8 Å². The number of amides is 2. The molecular formula is C14H10N2O4. The van der Waals surface area contributed by atoms with Crippen molar-refractivity contribution < 1.29 is 19.2 Å². The number of imide groups is 1. The number of benzene rings is 1. The third kappa shape index (κ3) is 2.01. The van der Waals surface area contributed by atoms with Crippen LogP contribution in [0.3, 0.4) is 0 Å². The SMILES string of the molecule is O=C1CCC(=O)N1O[12C](=O)c1cccc2cnccc12. The van der Waals surface area contributed by atoms with Gasteiger partial charge in [-0.25, -0.2) is 4.79 Å². The molecule has 100 valence electrons. The monoisotopic (exact) mass is 270 g/mol. The molecule has 2 aromatic rings. The van der Waals surface area contributed by atoms with Crippen molar-refractivity contribution in [2.45, 2.75) is 12.8 Å². The van der Waals surface area contributed by atoms with Crippen LogP contribution in [0.1, 0.15) is 23.2 Å². The van der Waals surface area contributed by atoms with Gasteiger partial charge in [0.1, 0.15) is 0 Å². The maximum absolute atomic E-state index is 12.1. The number of carbonyl (C=O) groups excluding carboxylic acids is 3. The molecule has 2 amide bonds. The van der Waals surface area contributed by atoms with Gasteiger partial charge in [-0.2, -0.15) is 0 Å². The number of fused-ring (bicyclic) bond motifs is 1. The molecule has 1 aromatic carbocycles. The summed E-state index contributed by atoms with van der Waals surface area (Å²) in [6, 6.07) is 6.76. The molecule has 1 fully saturated rings. The molecule has 6 heteroatoms. The molecule has 20 heavy (non-hydrogen) atoms. The van der Waals surface area contributed by atoms with Crippen molar-refractivity contribution in [3.05, 3.63) is 42.2 Å². The van der Waals surface area contributed by atoms with Crippen molar-refractivity contribution in [2.75, 3.05) is 0 Å². The fourth-order valence-corrected chi connectivity index (χ4v) is 2.09. The van der Waals surface area contributed by atoms with Crippen LogP contribution in [0.5, 0.6) is 0 Å². The molecule has 0 spiro atoms. The van der Waals surface area contributed by atoms with Crippen LogP contribution in [-0.2, 0) is 14.4 Å². The summed E-state index contributed by atoms with van der Waals surface area (Å²) >= 11 is 0. The second kappa shape index (κ2) is 4.73. The number of hydrogen-bond donors (Lipinski definition) is 0. The second-order valence-corrected chi connectivity index (χ2v) is 4.36. The molecule has 0 saturated carbocycles. The van der Waals surface area contributed by atoms with Crippen LogP contribution in [-0.4, -0.2) is 27.8 Å². The summed E-state index contributed by atoms with van der Waals surface area (Å²) < 4.78 is 0. The third-order valence-electron chi connectivity index (χ3n) is 3.08. The van der Waals surface area contributed by atoms with Crippen molar-refractivity contribution in [3.8, 4) is 0 Å². The molecule has 2 heterocycles. The molecule has 0 unspecified atom stereocenters. The third-order valence-corrected chi connectivity index (χ3v) is 3.08. The fraction of sp³-hybridized carbons (Fsp3) is 0.143. The van der Waals surface area contributed by atoms with Gasteiger partial charge in [-0.1, -0.05) is 12.1 Å². The Labute approximate surface area is 113 Å². The maximum Gasteiger partial charge on any atom is 0.364 e. The van der Waals surface area contributed by atoms with E-state index in [2.05, 4.69) is 4.98 Å². The minimum absolute atomic E-state index is 0.0750. The number of hydroxylamine groups is 2. The largest absolute Gasteiger partial charge is 0.364 e. The zero-order valence-electron chi connectivity index (χ0n) is 10.4. The Morgan fingerprint density at radius 2 is 1.90 bits per heavy atom. The summed E-state index contributed by atoms with van der Waals surface area (Å²) in [5.74, 6) is -1.72. The van der Waals surface area contributed by atoms with Crippen LogP contribution in [0.25, 0.3) is 10.8 Å². The van der Waals surface area contributed by atoms with Crippen LogP contribution in [0.15, 0.2) is 36.7 Å². The number of aromatic nitrogens is 1. The normalized spacial score (nSPS) is 14.9. The van der Waals surface area contributed by atoms with Gasteiger partial charge in [0.05, 0.1) is 5.56 Å². The molecule has 3 rings (SSSR count). The van der Waals surface area contributed by atoms with Crippen molar-refractivity contribution in [1.29, 1.82) is 0 Å². The predicted octanol–water partition coefficient (Wildman–Crippen LogP) is 1.46. The predicted molar refractivity (Wildman–Crippen MR) is 68.2 cm³/mol. The fourth-order valence-electron chi connectivity index (χ4n) is 2.09.